The molecule has 2 amide bonds. The lowest BCUT2D eigenvalue weighted by Gasteiger charge is -2.30. The van der Waals surface area contributed by atoms with Crippen molar-refractivity contribution in [3.8, 4) is 0 Å². The Hall–Kier alpha value is -4.55. The molecular formula is C31H46N7O23P3S. The fraction of sp³-hybridized carbons (Fsp3) is 0.516. The van der Waals surface area contributed by atoms with Gasteiger partial charge in [-0.25, -0.2) is 33.4 Å². The van der Waals surface area contributed by atoms with Crippen molar-refractivity contribution in [3.63, 3.8) is 0 Å². The van der Waals surface area contributed by atoms with Gasteiger partial charge in [-0.1, -0.05) is 38.8 Å². The van der Waals surface area contributed by atoms with Gasteiger partial charge >= 0.3 is 41.4 Å². The van der Waals surface area contributed by atoms with Crippen LogP contribution in [0.5, 0.6) is 0 Å². The number of carboxylic acid groups (broad SMARTS) is 3. The summed E-state index contributed by atoms with van der Waals surface area (Å²) in [7, 11) is -16.5. The summed E-state index contributed by atoms with van der Waals surface area (Å²) in [5.74, 6) is -5.17. The van der Waals surface area contributed by atoms with Gasteiger partial charge in [0.2, 0.25) is 16.9 Å². The van der Waals surface area contributed by atoms with E-state index >= 15 is 0 Å². The smallest absolute Gasteiger partial charge is 0.481 e. The third-order valence-electron chi connectivity index (χ3n) is 8.06. The lowest BCUT2D eigenvalue weighted by Crippen LogP contribution is -2.46. The summed E-state index contributed by atoms with van der Waals surface area (Å²) in [4.78, 5) is 117. The maximum atomic E-state index is 12.7. The number of ether oxygens (including phenoxy) is 1. The van der Waals surface area contributed by atoms with Crippen LogP contribution in [0.15, 0.2) is 37.0 Å². The van der Waals surface area contributed by atoms with Crippen LogP contribution in [0.1, 0.15) is 39.3 Å². The maximum absolute atomic E-state index is 12.7. The van der Waals surface area contributed by atoms with Gasteiger partial charge in [0, 0.05) is 41.8 Å². The molecule has 3 rings (SSSR count). The Morgan fingerprint density at radius 1 is 0.938 bits per heavy atom. The largest absolute Gasteiger partial charge is 0.481 e. The number of anilines is 1. The van der Waals surface area contributed by atoms with E-state index in [-0.39, 0.29) is 53.4 Å². The van der Waals surface area contributed by atoms with Crippen LogP contribution in [0.25, 0.3) is 11.2 Å². The highest BCUT2D eigenvalue weighted by atomic mass is 32.2. The number of carbonyl (C=O) groups is 6. The standard InChI is InChI=1S/C26H40N7O19P3S.C5H6O4/c1-13(8-16(35)36)25(40)56-7-6-28-15(34)4-5-29-23(39)20(38)26(2,3)10-49-55(46,47)52-54(44,45)48-9-14-19(51-53(41,42)43)18(37)24(50-14)33-12-32-17-21(27)30-11-31-22(17)33;1-3(5(8)9)2-4(6)7/h11-12,14,18-20,24,37-38H,1,4-10H2,2-3H3,(H,28,34)(H,29,39)(H,35,36)(H,44,45)(H,46,47)(H2,27,30,31)(H2,41,42,43);1-2H2,(H,6,7)(H,8,9)/t14-,18-,19-,20+,24-;/m1./s1. The first-order chi connectivity index (χ1) is 29.9. The minimum absolute atomic E-state index is 0.0175. The molecule has 2 aromatic heterocycles. The highest BCUT2D eigenvalue weighted by molar-refractivity contribution is 8.14. The molecule has 1 aliphatic heterocycles. The lowest BCUT2D eigenvalue weighted by molar-refractivity contribution is -0.139. The number of aliphatic hydroxyl groups excluding tert-OH is 2. The number of phosphoric acid groups is 3. The van der Waals surface area contributed by atoms with E-state index in [1.54, 1.807) is 0 Å². The van der Waals surface area contributed by atoms with Crippen molar-refractivity contribution in [2.45, 2.75) is 63.8 Å². The molecule has 65 heavy (non-hydrogen) atoms. The number of hydrogen-bond donors (Lipinski definition) is 12. The van der Waals surface area contributed by atoms with Crippen LogP contribution in [-0.2, 0) is 65.1 Å². The van der Waals surface area contributed by atoms with Crippen molar-refractivity contribution in [2.24, 2.45) is 5.41 Å². The number of aromatic nitrogens is 4. The third kappa shape index (κ3) is 19.1. The second-order valence-electron chi connectivity index (χ2n) is 13.9. The van der Waals surface area contributed by atoms with Crippen LogP contribution in [0.4, 0.5) is 5.82 Å². The number of nitrogen functional groups attached to an aromatic ring is 1. The zero-order valence-corrected chi connectivity index (χ0v) is 37.5. The predicted octanol–water partition coefficient (Wildman–Crippen LogP) is -1.20. The number of imidazole rings is 1. The van der Waals surface area contributed by atoms with Gasteiger partial charge in [0.05, 0.1) is 32.4 Å². The number of carboxylic acids is 3. The molecule has 3 heterocycles. The molecule has 364 valence electrons. The van der Waals surface area contributed by atoms with Crippen molar-refractivity contribution in [1.29, 1.82) is 0 Å². The molecule has 0 radical (unpaired) electrons. The molecule has 34 heteroatoms. The highest BCUT2D eigenvalue weighted by Crippen LogP contribution is 2.61. The van der Waals surface area contributed by atoms with Gasteiger partial charge in [-0.2, -0.15) is 4.31 Å². The van der Waals surface area contributed by atoms with Crippen molar-refractivity contribution in [3.05, 3.63) is 37.0 Å². The first-order valence-corrected chi connectivity index (χ1v) is 23.5. The molecule has 2 unspecified atom stereocenters. The highest BCUT2D eigenvalue weighted by Gasteiger charge is 2.50. The first kappa shape index (κ1) is 56.6. The molecule has 0 saturated carbocycles. The molecule has 30 nitrogen and oxygen atoms in total. The quantitative estimate of drug-likeness (QED) is 0.0316. The van der Waals surface area contributed by atoms with E-state index in [4.69, 9.17) is 34.8 Å². The van der Waals surface area contributed by atoms with Gasteiger partial charge in [-0.05, 0) is 0 Å². The summed E-state index contributed by atoms with van der Waals surface area (Å²) >= 11 is 0.757. The van der Waals surface area contributed by atoms with Gasteiger partial charge in [0.1, 0.15) is 36.3 Å². The van der Waals surface area contributed by atoms with Gasteiger partial charge in [0.25, 0.3) is 0 Å². The van der Waals surface area contributed by atoms with E-state index in [1.807, 2.05) is 0 Å². The molecule has 1 aliphatic rings. The fourth-order valence-electron chi connectivity index (χ4n) is 4.89. The number of aliphatic hydroxyl groups is 2. The molecule has 0 spiro atoms. The van der Waals surface area contributed by atoms with E-state index in [0.29, 0.717) is 0 Å². The van der Waals surface area contributed by atoms with Crippen molar-refractivity contribution < 1.29 is 110 Å². The van der Waals surface area contributed by atoms with Crippen LogP contribution in [0, 0.1) is 5.41 Å². The monoisotopic (exact) mass is 1010 g/mol. The van der Waals surface area contributed by atoms with Gasteiger partial charge in [-0.15, -0.1) is 0 Å². The molecule has 13 N–H and O–H groups in total. The van der Waals surface area contributed by atoms with Crippen molar-refractivity contribution >= 4 is 87.0 Å². The zero-order chi connectivity index (χ0) is 49.7. The number of fused-ring (bicyclic) bond motifs is 1. The molecule has 0 bridgehead atoms. The van der Waals surface area contributed by atoms with E-state index in [0.717, 1.165) is 29.0 Å². The number of nitrogens with zero attached hydrogens (tertiary/aromatic N) is 4. The Balaban J connectivity index is 0.00000145. The number of nitrogens with two attached hydrogens (primary N) is 1. The number of thioether (sulfide) groups is 1. The Labute approximate surface area is 370 Å². The molecule has 0 aromatic carbocycles. The number of carbonyl (C=O) groups excluding carboxylic acids is 3. The number of aliphatic carboxylic acids is 3. The second kappa shape index (κ2) is 24.3. The molecule has 1 saturated heterocycles. The first-order valence-electron chi connectivity index (χ1n) is 17.9. The molecule has 0 aliphatic carbocycles. The summed E-state index contributed by atoms with van der Waals surface area (Å²) in [5.41, 5.74) is 3.77. The summed E-state index contributed by atoms with van der Waals surface area (Å²) in [6.45, 7) is 6.52. The Morgan fingerprint density at radius 3 is 2.11 bits per heavy atom. The Bertz CT molecular complexity index is 2260. The average Bonchev–Trinajstić information content (AvgIpc) is 3.74. The fourth-order valence-corrected chi connectivity index (χ4v) is 8.38. The lowest BCUT2D eigenvalue weighted by atomic mass is 9.87. The number of amides is 2. The van der Waals surface area contributed by atoms with E-state index in [9.17, 15) is 72.2 Å². The molecular weight excluding hydrogens is 963 g/mol. The Morgan fingerprint density at radius 2 is 1.54 bits per heavy atom. The normalized spacial score (nSPS) is 19.7. The van der Waals surface area contributed by atoms with Crippen LogP contribution in [0.2, 0.25) is 0 Å². The van der Waals surface area contributed by atoms with E-state index < -0.39 is 120 Å². The molecule has 1 fully saturated rings. The van der Waals surface area contributed by atoms with E-state index in [2.05, 4.69) is 47.6 Å². The van der Waals surface area contributed by atoms with Crippen molar-refractivity contribution in [2.75, 3.05) is 37.8 Å². The summed E-state index contributed by atoms with van der Waals surface area (Å²) < 4.78 is 61.9. The van der Waals surface area contributed by atoms with Crippen LogP contribution in [0.3, 0.4) is 0 Å². The number of rotatable bonds is 25. The topological polar surface area (TPSA) is 476 Å². The third-order valence-corrected chi connectivity index (χ3v) is 12.1. The Kier molecular flexibility index (Phi) is 21.1. The van der Waals surface area contributed by atoms with Crippen LogP contribution < -0.4 is 16.4 Å². The van der Waals surface area contributed by atoms with Gasteiger partial charge < -0.3 is 66.2 Å². The number of phosphoric ester groups is 3. The maximum Gasteiger partial charge on any atom is 0.481 e. The minimum atomic E-state index is -5.59. The van der Waals surface area contributed by atoms with E-state index in [1.165, 1.54) is 13.8 Å². The second-order valence-corrected chi connectivity index (χ2v) is 19.2. The SMILES string of the molecule is C=C(CC(=O)O)C(=O)O.C=C(CC(=O)O)C(=O)SCCNC(=O)CCNC(=O)[C@H](O)C(C)(C)COP(=O)(O)OP(=O)(O)OC[C@H]1O[C@@H](n2cnc3c(N)ncnc32)[C@H](O)[C@@H]1OP(=O)(O)O. The summed E-state index contributed by atoms with van der Waals surface area (Å²) in [5, 5.41) is 50.4. The summed E-state index contributed by atoms with van der Waals surface area (Å²) in [6.07, 6.45) is -8.16. The van der Waals surface area contributed by atoms with Gasteiger partial charge in [0.15, 0.2) is 17.7 Å². The van der Waals surface area contributed by atoms with Gasteiger partial charge in [-0.3, -0.25) is 42.1 Å². The van der Waals surface area contributed by atoms with Crippen LogP contribution >= 0.6 is 35.2 Å². The number of nitrogens with one attached hydrogen (secondary N) is 2. The average molecular weight is 1010 g/mol. The molecule has 7 atom stereocenters. The predicted molar refractivity (Wildman–Crippen MR) is 218 cm³/mol. The summed E-state index contributed by atoms with van der Waals surface area (Å²) in [6, 6.07) is 0. The zero-order valence-electron chi connectivity index (χ0n) is 34.0. The van der Waals surface area contributed by atoms with Crippen molar-refractivity contribution in [1.82, 2.24) is 30.2 Å². The number of hydrogen-bond acceptors (Lipinski definition) is 21. The molecule has 2 aromatic rings. The minimum Gasteiger partial charge on any atom is -0.481 e. The van der Waals surface area contributed by atoms with Crippen LogP contribution in [-0.4, -0.2) is 156 Å².